The lowest BCUT2D eigenvalue weighted by atomic mass is 10.0. The van der Waals surface area contributed by atoms with Crippen molar-refractivity contribution in [3.05, 3.63) is 69.8 Å². The molecule has 0 saturated heterocycles. The molecule has 0 aliphatic heterocycles. The van der Waals surface area contributed by atoms with E-state index in [0.29, 0.717) is 16.6 Å². The standard InChI is InChI=1S/C22H23N3O4/c1-13-9-14(2)20(15(3)10-13)24-21(27)16(4)29-19(26)11-25-12-23-18-8-6-5-7-17(18)22(25)28/h5-10,12,16H,11H2,1-4H3,(H,24,27). The van der Waals surface area contributed by atoms with Crippen LogP contribution in [-0.2, 0) is 20.9 Å². The Balaban J connectivity index is 1.67. The number of nitrogens with zero attached hydrogens (tertiary/aromatic N) is 2. The van der Waals surface area contributed by atoms with E-state index in [0.717, 1.165) is 16.7 Å². The predicted molar refractivity (Wildman–Crippen MR) is 111 cm³/mol. The molecule has 1 heterocycles. The lowest BCUT2D eigenvalue weighted by Crippen LogP contribution is -2.33. The monoisotopic (exact) mass is 393 g/mol. The molecule has 3 aromatic rings. The third-order valence-electron chi connectivity index (χ3n) is 4.63. The second-order valence-electron chi connectivity index (χ2n) is 7.09. The topological polar surface area (TPSA) is 90.3 Å². The first kappa shape index (κ1) is 20.3. The first-order valence-corrected chi connectivity index (χ1v) is 9.28. The number of anilines is 1. The van der Waals surface area contributed by atoms with Gasteiger partial charge in [-0.2, -0.15) is 0 Å². The van der Waals surface area contributed by atoms with E-state index >= 15 is 0 Å². The van der Waals surface area contributed by atoms with Crippen LogP contribution in [0.25, 0.3) is 10.9 Å². The number of aromatic nitrogens is 2. The van der Waals surface area contributed by atoms with Crippen LogP contribution in [0.1, 0.15) is 23.6 Å². The SMILES string of the molecule is Cc1cc(C)c(NC(=O)C(C)OC(=O)Cn2cnc3ccccc3c2=O)c(C)c1. The minimum atomic E-state index is -1.01. The molecule has 150 valence electrons. The highest BCUT2D eigenvalue weighted by Crippen LogP contribution is 2.22. The van der Waals surface area contributed by atoms with E-state index in [-0.39, 0.29) is 12.1 Å². The van der Waals surface area contributed by atoms with Crippen molar-refractivity contribution in [3.8, 4) is 0 Å². The minimum Gasteiger partial charge on any atom is -0.451 e. The van der Waals surface area contributed by atoms with Gasteiger partial charge in [0.15, 0.2) is 6.10 Å². The van der Waals surface area contributed by atoms with Gasteiger partial charge in [0, 0.05) is 5.69 Å². The zero-order chi connectivity index (χ0) is 21.1. The van der Waals surface area contributed by atoms with Crippen LogP contribution in [0.5, 0.6) is 0 Å². The highest BCUT2D eigenvalue weighted by Gasteiger charge is 2.20. The van der Waals surface area contributed by atoms with Crippen molar-refractivity contribution in [3.63, 3.8) is 0 Å². The van der Waals surface area contributed by atoms with Crippen LogP contribution < -0.4 is 10.9 Å². The van der Waals surface area contributed by atoms with Crippen LogP contribution in [0, 0.1) is 20.8 Å². The molecule has 7 heteroatoms. The number of carbonyl (C=O) groups excluding carboxylic acids is 2. The molecule has 0 radical (unpaired) electrons. The third-order valence-corrected chi connectivity index (χ3v) is 4.63. The Morgan fingerprint density at radius 3 is 2.48 bits per heavy atom. The molecule has 1 atom stereocenters. The Bertz CT molecular complexity index is 1130. The fraction of sp³-hybridized carbons (Fsp3) is 0.273. The van der Waals surface area contributed by atoms with E-state index < -0.39 is 18.0 Å². The summed E-state index contributed by atoms with van der Waals surface area (Å²) in [5.41, 5.74) is 3.89. The molecule has 1 aromatic heterocycles. The molecule has 0 bridgehead atoms. The van der Waals surface area contributed by atoms with Gasteiger partial charge in [0.2, 0.25) is 0 Å². The lowest BCUT2D eigenvalue weighted by Gasteiger charge is -2.17. The van der Waals surface area contributed by atoms with Crippen LogP contribution in [0.2, 0.25) is 0 Å². The van der Waals surface area contributed by atoms with Gasteiger partial charge >= 0.3 is 5.97 Å². The Hall–Kier alpha value is -3.48. The molecule has 0 saturated carbocycles. The number of esters is 1. The second kappa shape index (κ2) is 8.26. The fourth-order valence-electron chi connectivity index (χ4n) is 3.25. The van der Waals surface area contributed by atoms with E-state index in [9.17, 15) is 14.4 Å². The number of carbonyl (C=O) groups is 2. The first-order chi connectivity index (χ1) is 13.8. The third kappa shape index (κ3) is 4.51. The van der Waals surface area contributed by atoms with Crippen molar-refractivity contribution < 1.29 is 14.3 Å². The summed E-state index contributed by atoms with van der Waals surface area (Å²) in [4.78, 5) is 41.3. The van der Waals surface area contributed by atoms with Gasteiger partial charge in [-0.25, -0.2) is 4.98 Å². The molecular formula is C22H23N3O4. The van der Waals surface area contributed by atoms with Crippen molar-refractivity contribution in [2.75, 3.05) is 5.32 Å². The predicted octanol–water partition coefficient (Wildman–Crippen LogP) is 2.89. The number of hydrogen-bond acceptors (Lipinski definition) is 5. The summed E-state index contributed by atoms with van der Waals surface area (Å²) in [5, 5.41) is 3.23. The van der Waals surface area contributed by atoms with Gasteiger partial charge in [0.25, 0.3) is 11.5 Å². The van der Waals surface area contributed by atoms with E-state index in [1.807, 2.05) is 32.9 Å². The normalized spacial score (nSPS) is 11.9. The van der Waals surface area contributed by atoms with Crippen molar-refractivity contribution >= 4 is 28.5 Å². The van der Waals surface area contributed by atoms with E-state index in [2.05, 4.69) is 10.3 Å². The number of rotatable bonds is 5. The number of benzene rings is 2. The molecule has 29 heavy (non-hydrogen) atoms. The van der Waals surface area contributed by atoms with Gasteiger partial charge in [0.05, 0.1) is 17.2 Å². The molecule has 0 spiro atoms. The van der Waals surface area contributed by atoms with Gasteiger partial charge in [0.1, 0.15) is 6.54 Å². The van der Waals surface area contributed by atoms with Crippen LogP contribution >= 0.6 is 0 Å². The van der Waals surface area contributed by atoms with Crippen molar-refractivity contribution in [2.45, 2.75) is 40.3 Å². The first-order valence-electron chi connectivity index (χ1n) is 9.28. The second-order valence-corrected chi connectivity index (χ2v) is 7.09. The summed E-state index contributed by atoms with van der Waals surface area (Å²) in [7, 11) is 0. The molecule has 7 nitrogen and oxygen atoms in total. The molecule has 0 fully saturated rings. The van der Waals surface area contributed by atoms with Gasteiger partial charge in [-0.15, -0.1) is 0 Å². The van der Waals surface area contributed by atoms with Gasteiger partial charge in [-0.05, 0) is 51.0 Å². The average Bonchev–Trinajstić information content (AvgIpc) is 2.66. The Morgan fingerprint density at radius 2 is 1.79 bits per heavy atom. The van der Waals surface area contributed by atoms with Gasteiger partial charge in [-0.1, -0.05) is 29.8 Å². The molecule has 0 aliphatic carbocycles. The molecule has 2 aromatic carbocycles. The van der Waals surface area contributed by atoms with Crippen molar-refractivity contribution in [1.82, 2.24) is 9.55 Å². The molecule has 1 N–H and O–H groups in total. The van der Waals surface area contributed by atoms with Gasteiger partial charge < -0.3 is 10.1 Å². The number of nitrogens with one attached hydrogen (secondary N) is 1. The zero-order valence-electron chi connectivity index (χ0n) is 16.9. The number of fused-ring (bicyclic) bond motifs is 1. The largest absolute Gasteiger partial charge is 0.451 e. The summed E-state index contributed by atoms with van der Waals surface area (Å²) >= 11 is 0. The number of ether oxygens (including phenoxy) is 1. The molecule has 1 amide bonds. The Labute approximate surface area is 168 Å². The molecule has 0 aliphatic rings. The molecular weight excluding hydrogens is 370 g/mol. The number of para-hydroxylation sites is 1. The van der Waals surface area contributed by atoms with Crippen LogP contribution in [0.3, 0.4) is 0 Å². The zero-order valence-corrected chi connectivity index (χ0v) is 16.9. The molecule has 3 rings (SSSR count). The summed E-state index contributed by atoms with van der Waals surface area (Å²) in [6, 6.07) is 10.8. The fourth-order valence-corrected chi connectivity index (χ4v) is 3.25. The van der Waals surface area contributed by atoms with Crippen LogP contribution in [0.4, 0.5) is 5.69 Å². The number of amides is 1. The Morgan fingerprint density at radius 1 is 1.14 bits per heavy atom. The average molecular weight is 393 g/mol. The Kier molecular flexibility index (Phi) is 5.77. The van der Waals surface area contributed by atoms with E-state index in [4.69, 9.17) is 4.74 Å². The van der Waals surface area contributed by atoms with Gasteiger partial charge in [-0.3, -0.25) is 19.0 Å². The van der Waals surface area contributed by atoms with Crippen molar-refractivity contribution in [2.24, 2.45) is 0 Å². The summed E-state index contributed by atoms with van der Waals surface area (Å²) < 4.78 is 6.39. The maximum absolute atomic E-state index is 12.5. The van der Waals surface area contributed by atoms with Crippen LogP contribution in [-0.4, -0.2) is 27.5 Å². The smallest absolute Gasteiger partial charge is 0.326 e. The number of hydrogen-bond donors (Lipinski definition) is 1. The summed E-state index contributed by atoms with van der Waals surface area (Å²) in [5.74, 6) is -1.12. The van der Waals surface area contributed by atoms with E-state index in [1.54, 1.807) is 24.3 Å². The van der Waals surface area contributed by atoms with Crippen LogP contribution in [0.15, 0.2) is 47.5 Å². The summed E-state index contributed by atoms with van der Waals surface area (Å²) in [6.45, 7) is 6.97. The summed E-state index contributed by atoms with van der Waals surface area (Å²) in [6.07, 6.45) is 0.294. The highest BCUT2D eigenvalue weighted by atomic mass is 16.5. The quantitative estimate of drug-likeness (QED) is 0.673. The van der Waals surface area contributed by atoms with E-state index in [1.165, 1.54) is 17.8 Å². The lowest BCUT2D eigenvalue weighted by molar-refractivity contribution is -0.153. The highest BCUT2D eigenvalue weighted by molar-refractivity contribution is 5.96. The number of aryl methyl sites for hydroxylation is 3. The molecule has 1 unspecified atom stereocenters. The maximum atomic E-state index is 12.5. The van der Waals surface area contributed by atoms with Crippen molar-refractivity contribution in [1.29, 1.82) is 0 Å². The maximum Gasteiger partial charge on any atom is 0.326 e. The minimum absolute atomic E-state index is 0.323.